The highest BCUT2D eigenvalue weighted by Gasteiger charge is 2.63. The first kappa shape index (κ1) is 13.2. The largest absolute Gasteiger partial charge is 0.374 e. The molecule has 3 fully saturated rings. The van der Waals surface area contributed by atoms with Gasteiger partial charge in [-0.1, -0.05) is 34.6 Å². The lowest BCUT2D eigenvalue weighted by molar-refractivity contribution is -0.161. The van der Waals surface area contributed by atoms with Crippen LogP contribution in [0.5, 0.6) is 0 Å². The molecule has 3 aliphatic rings. The van der Waals surface area contributed by atoms with Crippen LogP contribution in [0.15, 0.2) is 0 Å². The van der Waals surface area contributed by atoms with Gasteiger partial charge in [-0.3, -0.25) is 0 Å². The van der Waals surface area contributed by atoms with E-state index in [9.17, 15) is 0 Å². The highest BCUT2D eigenvalue weighted by Crippen LogP contribution is 2.67. The molecule has 0 N–H and O–H groups in total. The molecule has 2 bridgehead atoms. The third-order valence-electron chi connectivity index (χ3n) is 7.10. The van der Waals surface area contributed by atoms with E-state index >= 15 is 0 Å². The SMILES string of the molecule is CC1(C)C(Cl)CC1OC1CC2CCC1(C)C2(C)C. The van der Waals surface area contributed by atoms with Gasteiger partial charge in [0.05, 0.1) is 12.2 Å². The topological polar surface area (TPSA) is 9.23 Å². The van der Waals surface area contributed by atoms with E-state index in [-0.39, 0.29) is 5.41 Å². The quantitative estimate of drug-likeness (QED) is 0.665. The Bertz CT molecular complexity index is 362. The van der Waals surface area contributed by atoms with Crippen LogP contribution < -0.4 is 0 Å². The Morgan fingerprint density at radius 1 is 1.00 bits per heavy atom. The van der Waals surface area contributed by atoms with E-state index in [1.807, 2.05) is 0 Å². The minimum atomic E-state index is 0.157. The lowest BCUT2D eigenvalue weighted by Gasteiger charge is -2.51. The molecule has 104 valence electrons. The van der Waals surface area contributed by atoms with Gasteiger partial charge in [0.1, 0.15) is 0 Å². The third kappa shape index (κ3) is 1.44. The molecule has 0 spiro atoms. The maximum absolute atomic E-state index is 6.52. The molecule has 0 aromatic rings. The van der Waals surface area contributed by atoms with Gasteiger partial charge in [0, 0.05) is 10.8 Å². The van der Waals surface area contributed by atoms with Gasteiger partial charge in [0.15, 0.2) is 0 Å². The van der Waals surface area contributed by atoms with Gasteiger partial charge in [-0.15, -0.1) is 11.6 Å². The number of halogens is 1. The zero-order chi connectivity index (χ0) is 13.3. The molecule has 18 heavy (non-hydrogen) atoms. The summed E-state index contributed by atoms with van der Waals surface area (Å²) in [7, 11) is 0. The highest BCUT2D eigenvalue weighted by atomic mass is 35.5. The van der Waals surface area contributed by atoms with Crippen LogP contribution in [0.4, 0.5) is 0 Å². The van der Waals surface area contributed by atoms with Crippen molar-refractivity contribution in [2.24, 2.45) is 22.2 Å². The Balaban J connectivity index is 1.73. The predicted octanol–water partition coefficient (Wildman–Crippen LogP) is 4.62. The Hall–Kier alpha value is 0.250. The maximum atomic E-state index is 6.52. The number of ether oxygens (including phenoxy) is 1. The van der Waals surface area contributed by atoms with Crippen LogP contribution in [0.3, 0.4) is 0 Å². The number of hydrogen-bond acceptors (Lipinski definition) is 1. The Kier molecular flexibility index (Phi) is 2.70. The lowest BCUT2D eigenvalue weighted by atomic mass is 9.67. The molecule has 5 unspecified atom stereocenters. The summed E-state index contributed by atoms with van der Waals surface area (Å²) in [6.45, 7) is 11.8. The van der Waals surface area contributed by atoms with Crippen LogP contribution >= 0.6 is 11.6 Å². The summed E-state index contributed by atoms with van der Waals surface area (Å²) in [5.41, 5.74) is 0.987. The van der Waals surface area contributed by atoms with E-state index in [4.69, 9.17) is 16.3 Å². The van der Waals surface area contributed by atoms with Crippen LogP contribution in [0.2, 0.25) is 0 Å². The predicted molar refractivity (Wildman–Crippen MR) is 75.9 cm³/mol. The van der Waals surface area contributed by atoms with Crippen molar-refractivity contribution < 1.29 is 4.74 Å². The average Bonchev–Trinajstić information content (AvgIpc) is 2.61. The zero-order valence-corrected chi connectivity index (χ0v) is 13.2. The normalized spacial score (nSPS) is 52.3. The average molecular weight is 271 g/mol. The van der Waals surface area contributed by atoms with E-state index in [2.05, 4.69) is 34.6 Å². The highest BCUT2D eigenvalue weighted by molar-refractivity contribution is 6.21. The molecule has 0 heterocycles. The molecule has 3 aliphatic carbocycles. The van der Waals surface area contributed by atoms with Gasteiger partial charge in [0.25, 0.3) is 0 Å². The Morgan fingerprint density at radius 2 is 1.67 bits per heavy atom. The first-order chi connectivity index (χ1) is 8.19. The summed E-state index contributed by atoms with van der Waals surface area (Å²) in [5.74, 6) is 0.863. The van der Waals surface area contributed by atoms with Gasteiger partial charge < -0.3 is 4.74 Å². The van der Waals surface area contributed by atoms with E-state index in [1.54, 1.807) is 0 Å². The summed E-state index contributed by atoms with van der Waals surface area (Å²) >= 11 is 6.31. The van der Waals surface area contributed by atoms with Crippen molar-refractivity contribution in [1.29, 1.82) is 0 Å². The van der Waals surface area contributed by atoms with Crippen molar-refractivity contribution in [2.45, 2.75) is 77.9 Å². The van der Waals surface area contributed by atoms with Crippen molar-refractivity contribution in [3.63, 3.8) is 0 Å². The monoisotopic (exact) mass is 270 g/mol. The maximum Gasteiger partial charge on any atom is 0.0658 e. The first-order valence-corrected chi connectivity index (χ1v) is 7.93. The Morgan fingerprint density at radius 3 is 2.06 bits per heavy atom. The summed E-state index contributed by atoms with van der Waals surface area (Å²) in [6.07, 6.45) is 5.87. The van der Waals surface area contributed by atoms with Crippen molar-refractivity contribution in [3.8, 4) is 0 Å². The molecule has 3 saturated carbocycles. The minimum Gasteiger partial charge on any atom is -0.374 e. The summed E-state index contributed by atoms with van der Waals surface area (Å²) in [5, 5.41) is 0.293. The molecule has 3 rings (SSSR count). The van der Waals surface area contributed by atoms with E-state index < -0.39 is 0 Å². The second-order valence-electron chi connectivity index (χ2n) is 8.25. The molecule has 0 amide bonds. The lowest BCUT2D eigenvalue weighted by Crippen LogP contribution is -2.54. The molecule has 2 heteroatoms. The fourth-order valence-corrected chi connectivity index (χ4v) is 4.90. The molecule has 0 aromatic carbocycles. The second kappa shape index (κ2) is 3.67. The third-order valence-corrected chi connectivity index (χ3v) is 7.84. The van der Waals surface area contributed by atoms with Crippen molar-refractivity contribution in [3.05, 3.63) is 0 Å². The molecular formula is C16H27ClO. The van der Waals surface area contributed by atoms with Crippen molar-refractivity contribution >= 4 is 11.6 Å². The smallest absolute Gasteiger partial charge is 0.0658 e. The molecule has 0 radical (unpaired) electrons. The van der Waals surface area contributed by atoms with Crippen LogP contribution in [0.1, 0.15) is 60.3 Å². The number of fused-ring (bicyclic) bond motifs is 2. The fourth-order valence-electron chi connectivity index (χ4n) is 4.60. The zero-order valence-electron chi connectivity index (χ0n) is 12.4. The summed E-state index contributed by atoms with van der Waals surface area (Å²) < 4.78 is 6.52. The van der Waals surface area contributed by atoms with E-state index in [1.165, 1.54) is 19.3 Å². The standard InChI is InChI=1S/C16H27ClO/c1-14(2)11(17)9-12(14)18-13-8-10-6-7-16(13,5)15(10,3)4/h10-13H,6-9H2,1-5H3. The van der Waals surface area contributed by atoms with Gasteiger partial charge in [0.2, 0.25) is 0 Å². The molecule has 0 aliphatic heterocycles. The molecular weight excluding hydrogens is 244 g/mol. The second-order valence-corrected chi connectivity index (χ2v) is 8.78. The summed E-state index contributed by atoms with van der Waals surface area (Å²) in [6, 6.07) is 0. The number of hydrogen-bond donors (Lipinski definition) is 0. The van der Waals surface area contributed by atoms with Crippen LogP contribution in [0, 0.1) is 22.2 Å². The van der Waals surface area contributed by atoms with Gasteiger partial charge >= 0.3 is 0 Å². The Labute approximate surface area is 117 Å². The molecule has 0 saturated heterocycles. The van der Waals surface area contributed by atoms with Crippen molar-refractivity contribution in [1.82, 2.24) is 0 Å². The summed E-state index contributed by atoms with van der Waals surface area (Å²) in [4.78, 5) is 0. The number of rotatable bonds is 2. The van der Waals surface area contributed by atoms with Gasteiger partial charge in [-0.2, -0.15) is 0 Å². The molecule has 1 nitrogen and oxygen atoms in total. The van der Waals surface area contributed by atoms with Crippen LogP contribution in [-0.4, -0.2) is 17.6 Å². The fraction of sp³-hybridized carbons (Fsp3) is 1.00. The molecule has 0 aromatic heterocycles. The van der Waals surface area contributed by atoms with Crippen molar-refractivity contribution in [2.75, 3.05) is 0 Å². The molecule has 5 atom stereocenters. The van der Waals surface area contributed by atoms with Gasteiger partial charge in [-0.05, 0) is 42.4 Å². The van der Waals surface area contributed by atoms with E-state index in [0.29, 0.717) is 28.4 Å². The van der Waals surface area contributed by atoms with Crippen LogP contribution in [0.25, 0.3) is 0 Å². The van der Waals surface area contributed by atoms with Crippen LogP contribution in [-0.2, 0) is 4.74 Å². The minimum absolute atomic E-state index is 0.157. The van der Waals surface area contributed by atoms with Gasteiger partial charge in [-0.25, -0.2) is 0 Å². The number of alkyl halides is 1. The first-order valence-electron chi connectivity index (χ1n) is 7.49. The van der Waals surface area contributed by atoms with E-state index in [0.717, 1.165) is 12.3 Å².